The van der Waals surface area contributed by atoms with Crippen molar-refractivity contribution in [3.8, 4) is 0 Å². The van der Waals surface area contributed by atoms with E-state index >= 15 is 0 Å². The Morgan fingerprint density at radius 2 is 1.43 bits per heavy atom. The van der Waals surface area contributed by atoms with Crippen molar-refractivity contribution in [1.82, 2.24) is 4.98 Å². The summed E-state index contributed by atoms with van der Waals surface area (Å²) in [5, 5.41) is 0. The first-order valence-corrected chi connectivity index (χ1v) is 7.17. The van der Waals surface area contributed by atoms with Gasteiger partial charge in [0.15, 0.2) is 0 Å². The summed E-state index contributed by atoms with van der Waals surface area (Å²) in [5.74, 6) is 0.630. The summed E-state index contributed by atoms with van der Waals surface area (Å²) in [6.45, 7) is 0. The van der Waals surface area contributed by atoms with E-state index in [4.69, 9.17) is 0 Å². The van der Waals surface area contributed by atoms with Crippen molar-refractivity contribution in [3.05, 3.63) is 90.6 Å². The summed E-state index contributed by atoms with van der Waals surface area (Å²) in [6.07, 6.45) is 2.04. The molecular formula is C19H17ClN2O. The van der Waals surface area contributed by atoms with E-state index in [1.807, 2.05) is 78.9 Å². The molecule has 3 aromatic rings. The van der Waals surface area contributed by atoms with Gasteiger partial charge < -0.3 is 0 Å². The van der Waals surface area contributed by atoms with Gasteiger partial charge in [-0.3, -0.25) is 9.69 Å². The molecular weight excluding hydrogens is 308 g/mol. The second-order valence-electron chi connectivity index (χ2n) is 4.92. The maximum absolute atomic E-state index is 12.8. The number of nitrogens with zero attached hydrogens (tertiary/aromatic N) is 2. The number of hydrogen-bond acceptors (Lipinski definition) is 2. The summed E-state index contributed by atoms with van der Waals surface area (Å²) in [5.41, 5.74) is 1.81. The normalized spacial score (nSPS) is 9.74. The molecule has 116 valence electrons. The molecule has 0 fully saturated rings. The van der Waals surface area contributed by atoms with Crippen LogP contribution in [0.5, 0.6) is 0 Å². The lowest BCUT2D eigenvalue weighted by molar-refractivity contribution is -0.117. The van der Waals surface area contributed by atoms with Crippen LogP contribution < -0.4 is 4.90 Å². The molecule has 0 saturated carbocycles. The highest BCUT2D eigenvalue weighted by Crippen LogP contribution is 2.24. The first-order valence-electron chi connectivity index (χ1n) is 7.17. The van der Waals surface area contributed by atoms with Crippen LogP contribution >= 0.6 is 12.4 Å². The molecule has 3 nitrogen and oxygen atoms in total. The first-order chi connectivity index (χ1) is 10.8. The van der Waals surface area contributed by atoms with E-state index in [1.54, 1.807) is 11.1 Å². The van der Waals surface area contributed by atoms with Crippen molar-refractivity contribution in [2.45, 2.75) is 6.42 Å². The number of carbonyl (C=O) groups excluding carboxylic acids is 1. The average Bonchev–Trinajstić information content (AvgIpc) is 2.58. The highest BCUT2D eigenvalue weighted by molar-refractivity contribution is 6.00. The molecule has 0 aliphatic rings. The van der Waals surface area contributed by atoms with Gasteiger partial charge in [0.05, 0.1) is 12.1 Å². The van der Waals surface area contributed by atoms with Gasteiger partial charge in [0.2, 0.25) is 5.91 Å². The molecule has 0 spiro atoms. The van der Waals surface area contributed by atoms with E-state index in [9.17, 15) is 4.79 Å². The molecule has 1 aromatic heterocycles. The van der Waals surface area contributed by atoms with Crippen LogP contribution in [-0.4, -0.2) is 10.9 Å². The van der Waals surface area contributed by atoms with Crippen molar-refractivity contribution in [3.63, 3.8) is 0 Å². The molecule has 0 aliphatic heterocycles. The van der Waals surface area contributed by atoms with Crippen molar-refractivity contribution in [2.75, 3.05) is 4.90 Å². The van der Waals surface area contributed by atoms with Gasteiger partial charge in [0, 0.05) is 6.20 Å². The number of amides is 1. The van der Waals surface area contributed by atoms with Crippen LogP contribution in [0.4, 0.5) is 11.5 Å². The van der Waals surface area contributed by atoms with Gasteiger partial charge in [-0.15, -0.1) is 12.4 Å². The van der Waals surface area contributed by atoms with Crippen molar-refractivity contribution in [2.24, 2.45) is 0 Å². The predicted octanol–water partition coefficient (Wildman–Crippen LogP) is 4.41. The minimum absolute atomic E-state index is 0. The molecule has 0 N–H and O–H groups in total. The highest BCUT2D eigenvalue weighted by atomic mass is 35.5. The number of anilines is 2. The number of aromatic nitrogens is 1. The Labute approximate surface area is 142 Å². The summed E-state index contributed by atoms with van der Waals surface area (Å²) in [4.78, 5) is 18.8. The molecule has 1 amide bonds. The fourth-order valence-electron chi connectivity index (χ4n) is 2.32. The van der Waals surface area contributed by atoms with Crippen LogP contribution in [0.3, 0.4) is 0 Å². The molecule has 23 heavy (non-hydrogen) atoms. The van der Waals surface area contributed by atoms with Gasteiger partial charge in [0.25, 0.3) is 0 Å². The molecule has 0 atom stereocenters. The minimum Gasteiger partial charge on any atom is -0.274 e. The second-order valence-corrected chi connectivity index (χ2v) is 4.92. The molecule has 1 heterocycles. The molecule has 4 heteroatoms. The van der Waals surface area contributed by atoms with Crippen molar-refractivity contribution >= 4 is 29.8 Å². The number of rotatable bonds is 4. The zero-order chi connectivity index (χ0) is 15.2. The van der Waals surface area contributed by atoms with Gasteiger partial charge in [-0.1, -0.05) is 54.6 Å². The number of para-hydroxylation sites is 1. The predicted molar refractivity (Wildman–Crippen MR) is 95.2 cm³/mol. The molecule has 0 radical (unpaired) electrons. The van der Waals surface area contributed by atoms with Gasteiger partial charge in [-0.05, 0) is 29.8 Å². The number of benzene rings is 2. The lowest BCUT2D eigenvalue weighted by Gasteiger charge is -2.22. The maximum Gasteiger partial charge on any atom is 0.237 e. The average molecular weight is 325 g/mol. The van der Waals surface area contributed by atoms with E-state index in [2.05, 4.69) is 4.98 Å². The number of carbonyl (C=O) groups is 1. The van der Waals surface area contributed by atoms with Crippen LogP contribution in [-0.2, 0) is 11.2 Å². The van der Waals surface area contributed by atoms with Crippen LogP contribution in [0.15, 0.2) is 85.1 Å². The van der Waals surface area contributed by atoms with Crippen molar-refractivity contribution in [1.29, 1.82) is 0 Å². The number of hydrogen-bond donors (Lipinski definition) is 0. The molecule has 0 bridgehead atoms. The van der Waals surface area contributed by atoms with Gasteiger partial charge in [0.1, 0.15) is 5.82 Å². The second kappa shape index (κ2) is 8.11. The Hall–Kier alpha value is -2.65. The van der Waals surface area contributed by atoms with E-state index in [0.29, 0.717) is 12.2 Å². The van der Waals surface area contributed by atoms with Crippen LogP contribution in [0, 0.1) is 0 Å². The Bertz CT molecular complexity index is 694. The fraction of sp³-hybridized carbons (Fsp3) is 0.0526. The molecule has 0 unspecified atom stereocenters. The Morgan fingerprint density at radius 3 is 2.04 bits per heavy atom. The Kier molecular flexibility index (Phi) is 5.89. The monoisotopic (exact) mass is 324 g/mol. The summed E-state index contributed by atoms with van der Waals surface area (Å²) < 4.78 is 0. The SMILES string of the molecule is Cl.O=C(Cc1ccccc1)N(c1ccccc1)c1ccccn1. The Balaban J connectivity index is 0.00000192. The van der Waals surface area contributed by atoms with Gasteiger partial charge in [-0.25, -0.2) is 4.98 Å². The third-order valence-corrected chi connectivity index (χ3v) is 3.34. The molecule has 2 aromatic carbocycles. The zero-order valence-electron chi connectivity index (χ0n) is 12.5. The topological polar surface area (TPSA) is 33.2 Å². The van der Waals surface area contributed by atoms with Crippen LogP contribution in [0.25, 0.3) is 0 Å². The van der Waals surface area contributed by atoms with Crippen LogP contribution in [0.1, 0.15) is 5.56 Å². The minimum atomic E-state index is -0.00361. The number of pyridine rings is 1. The quantitative estimate of drug-likeness (QED) is 0.712. The van der Waals surface area contributed by atoms with E-state index in [1.165, 1.54) is 0 Å². The lowest BCUT2D eigenvalue weighted by atomic mass is 10.1. The van der Waals surface area contributed by atoms with Gasteiger partial charge >= 0.3 is 0 Å². The smallest absolute Gasteiger partial charge is 0.237 e. The largest absolute Gasteiger partial charge is 0.274 e. The van der Waals surface area contributed by atoms with Crippen molar-refractivity contribution < 1.29 is 4.79 Å². The third kappa shape index (κ3) is 4.18. The lowest BCUT2D eigenvalue weighted by Crippen LogP contribution is -2.28. The third-order valence-electron chi connectivity index (χ3n) is 3.34. The maximum atomic E-state index is 12.8. The van der Waals surface area contributed by atoms with E-state index < -0.39 is 0 Å². The standard InChI is InChI=1S/C19H16N2O.ClH/c22-19(15-16-9-3-1-4-10-16)21(17-11-5-2-6-12-17)18-13-7-8-14-20-18;/h1-14H,15H2;1H. The van der Waals surface area contributed by atoms with E-state index in [-0.39, 0.29) is 18.3 Å². The summed E-state index contributed by atoms with van der Waals surface area (Å²) in [7, 11) is 0. The van der Waals surface area contributed by atoms with E-state index in [0.717, 1.165) is 11.3 Å². The summed E-state index contributed by atoms with van der Waals surface area (Å²) >= 11 is 0. The van der Waals surface area contributed by atoms with Crippen LogP contribution in [0.2, 0.25) is 0 Å². The molecule has 3 rings (SSSR count). The Morgan fingerprint density at radius 1 is 0.826 bits per heavy atom. The first kappa shape index (κ1) is 16.7. The fourth-order valence-corrected chi connectivity index (χ4v) is 2.32. The number of halogens is 1. The summed E-state index contributed by atoms with van der Waals surface area (Å²) in [6, 6.07) is 24.9. The molecule has 0 saturated heterocycles. The zero-order valence-corrected chi connectivity index (χ0v) is 13.3. The highest BCUT2D eigenvalue weighted by Gasteiger charge is 2.18. The molecule has 0 aliphatic carbocycles. The van der Waals surface area contributed by atoms with Gasteiger partial charge in [-0.2, -0.15) is 0 Å².